The van der Waals surface area contributed by atoms with Gasteiger partial charge >= 0.3 is 0 Å². The van der Waals surface area contributed by atoms with Crippen molar-refractivity contribution < 1.29 is 14.4 Å². The molecule has 0 spiro atoms. The second-order valence-electron chi connectivity index (χ2n) is 6.88. The van der Waals surface area contributed by atoms with Gasteiger partial charge in [-0.05, 0) is 25.2 Å². The highest BCUT2D eigenvalue weighted by Crippen LogP contribution is 2.15. The molecule has 0 aromatic rings. The third-order valence-electron chi connectivity index (χ3n) is 4.45. The van der Waals surface area contributed by atoms with E-state index < -0.39 is 0 Å². The maximum atomic E-state index is 12.4. The van der Waals surface area contributed by atoms with E-state index in [0.29, 0.717) is 19.6 Å². The summed E-state index contributed by atoms with van der Waals surface area (Å²) in [5, 5.41) is 1.95. The highest BCUT2D eigenvalue weighted by molar-refractivity contribution is 5.76. The Hall–Kier alpha value is -0.650. The Labute approximate surface area is 134 Å². The summed E-state index contributed by atoms with van der Waals surface area (Å²) in [5.74, 6) is 0.984. The molecule has 2 heterocycles. The average Bonchev–Trinajstić information content (AvgIpc) is 2.53. The quantitative estimate of drug-likeness (QED) is 0.724. The van der Waals surface area contributed by atoms with Crippen LogP contribution in [0.15, 0.2) is 0 Å². The lowest BCUT2D eigenvalue weighted by Crippen LogP contribution is -2.46. The molecule has 1 atom stereocenters. The molecule has 0 saturated carbocycles. The van der Waals surface area contributed by atoms with E-state index >= 15 is 0 Å². The Kier molecular flexibility index (Phi) is 7.63. The minimum Gasteiger partial charge on any atom is -0.375 e. The Bertz CT molecular complexity index is 330. The van der Waals surface area contributed by atoms with Gasteiger partial charge in [-0.1, -0.05) is 26.7 Å². The molecule has 0 aromatic carbocycles. The van der Waals surface area contributed by atoms with Gasteiger partial charge in [0.15, 0.2) is 0 Å². The zero-order valence-corrected chi connectivity index (χ0v) is 14.3. The number of hydrogen-bond acceptors (Lipinski definition) is 4. The molecule has 2 aliphatic rings. The molecule has 22 heavy (non-hydrogen) atoms. The summed E-state index contributed by atoms with van der Waals surface area (Å²) in [6.45, 7) is 9.14. The number of carbonyl (C=O) groups excluding carboxylic acids is 1. The first-order valence-electron chi connectivity index (χ1n) is 8.92. The normalized spacial score (nSPS) is 24.0. The number of nitrogens with zero attached hydrogens (tertiary/aromatic N) is 2. The van der Waals surface area contributed by atoms with Crippen LogP contribution < -0.4 is 0 Å². The number of rotatable bonds is 7. The van der Waals surface area contributed by atoms with E-state index in [9.17, 15) is 4.79 Å². The molecule has 1 amide bonds. The summed E-state index contributed by atoms with van der Waals surface area (Å²) in [6, 6.07) is 0. The van der Waals surface area contributed by atoms with Gasteiger partial charge in [-0.25, -0.2) is 0 Å². The number of carbonyl (C=O) groups is 1. The summed E-state index contributed by atoms with van der Waals surface area (Å²) >= 11 is 0. The highest BCUT2D eigenvalue weighted by Gasteiger charge is 2.24. The van der Waals surface area contributed by atoms with Crippen molar-refractivity contribution in [3.8, 4) is 0 Å². The Morgan fingerprint density at radius 2 is 2.09 bits per heavy atom. The van der Waals surface area contributed by atoms with Crippen molar-refractivity contribution in [2.24, 2.45) is 5.92 Å². The van der Waals surface area contributed by atoms with Gasteiger partial charge < -0.3 is 9.64 Å². The lowest BCUT2D eigenvalue weighted by atomic mass is 10.0. The van der Waals surface area contributed by atoms with Crippen LogP contribution in [0.2, 0.25) is 0 Å². The van der Waals surface area contributed by atoms with Crippen LogP contribution in [0.1, 0.15) is 52.4 Å². The van der Waals surface area contributed by atoms with Gasteiger partial charge in [-0.15, -0.1) is 0 Å². The van der Waals surface area contributed by atoms with Crippen LogP contribution in [-0.4, -0.2) is 61.4 Å². The molecule has 128 valence electrons. The molecule has 2 rings (SSSR count). The van der Waals surface area contributed by atoms with E-state index in [1.165, 1.54) is 19.3 Å². The molecular formula is C17H32N2O3. The first kappa shape index (κ1) is 17.7. The number of amides is 1. The number of hydrogen-bond donors (Lipinski definition) is 0. The second-order valence-corrected chi connectivity index (χ2v) is 6.88. The maximum Gasteiger partial charge on any atom is 0.224 e. The Balaban J connectivity index is 1.65. The van der Waals surface area contributed by atoms with Crippen LogP contribution in [0.25, 0.3) is 0 Å². The summed E-state index contributed by atoms with van der Waals surface area (Å²) < 4.78 is 5.81. The van der Waals surface area contributed by atoms with Gasteiger partial charge in [0, 0.05) is 32.6 Å². The predicted octanol–water partition coefficient (Wildman–Crippen LogP) is 2.46. The summed E-state index contributed by atoms with van der Waals surface area (Å²) in [6.07, 6.45) is 6.57. The summed E-state index contributed by atoms with van der Waals surface area (Å²) in [4.78, 5) is 19.9. The molecule has 0 N–H and O–H groups in total. The number of ether oxygens (including phenoxy) is 1. The lowest BCUT2D eigenvalue weighted by molar-refractivity contribution is -0.183. The van der Waals surface area contributed by atoms with Crippen LogP contribution in [0.4, 0.5) is 0 Å². The van der Waals surface area contributed by atoms with Crippen molar-refractivity contribution in [3.05, 3.63) is 0 Å². The van der Waals surface area contributed by atoms with E-state index in [1.54, 1.807) is 0 Å². The largest absolute Gasteiger partial charge is 0.375 e. The van der Waals surface area contributed by atoms with Crippen LogP contribution in [0, 0.1) is 5.92 Å². The van der Waals surface area contributed by atoms with Crippen molar-refractivity contribution in [3.63, 3.8) is 0 Å². The topological polar surface area (TPSA) is 42.0 Å². The molecule has 0 bridgehead atoms. The fraction of sp³-hybridized carbons (Fsp3) is 0.941. The van der Waals surface area contributed by atoms with Gasteiger partial charge in [0.05, 0.1) is 19.3 Å². The van der Waals surface area contributed by atoms with Crippen molar-refractivity contribution in [1.29, 1.82) is 0 Å². The van der Waals surface area contributed by atoms with Crippen LogP contribution in [0.3, 0.4) is 0 Å². The minimum atomic E-state index is 0.225. The summed E-state index contributed by atoms with van der Waals surface area (Å²) in [5.41, 5.74) is 0. The lowest BCUT2D eigenvalue weighted by Gasteiger charge is -2.34. The third kappa shape index (κ3) is 6.23. The van der Waals surface area contributed by atoms with E-state index in [-0.39, 0.29) is 12.0 Å². The Morgan fingerprint density at radius 3 is 2.82 bits per heavy atom. The van der Waals surface area contributed by atoms with Gasteiger partial charge in [0.1, 0.15) is 0 Å². The number of hydroxylamine groups is 2. The fourth-order valence-corrected chi connectivity index (χ4v) is 3.08. The van der Waals surface area contributed by atoms with Crippen LogP contribution in [0.5, 0.6) is 0 Å². The van der Waals surface area contributed by atoms with Crippen molar-refractivity contribution >= 4 is 5.91 Å². The standard InChI is InChI=1S/C17H32N2O3/c1-15(2)6-5-7-16-14-18(11-13-21-16)17(20)8-10-19-9-3-4-12-22-19/h15-16H,3-14H2,1-2H3/t16-/m1/s1. The third-order valence-corrected chi connectivity index (χ3v) is 4.45. The zero-order valence-electron chi connectivity index (χ0n) is 14.3. The minimum absolute atomic E-state index is 0.225. The first-order chi connectivity index (χ1) is 10.6. The first-order valence-corrected chi connectivity index (χ1v) is 8.92. The molecule has 0 aliphatic carbocycles. The molecule has 2 aliphatic heterocycles. The smallest absolute Gasteiger partial charge is 0.224 e. The van der Waals surface area contributed by atoms with E-state index in [1.807, 2.05) is 9.96 Å². The number of morpholine rings is 1. The van der Waals surface area contributed by atoms with Gasteiger partial charge in [0.25, 0.3) is 0 Å². The van der Waals surface area contributed by atoms with Gasteiger partial charge in [0.2, 0.25) is 5.91 Å². The Morgan fingerprint density at radius 1 is 1.23 bits per heavy atom. The molecular weight excluding hydrogens is 280 g/mol. The van der Waals surface area contributed by atoms with Crippen LogP contribution in [-0.2, 0) is 14.4 Å². The monoisotopic (exact) mass is 312 g/mol. The van der Waals surface area contributed by atoms with Gasteiger partial charge in [-0.3, -0.25) is 9.63 Å². The molecule has 2 saturated heterocycles. The van der Waals surface area contributed by atoms with Crippen LogP contribution >= 0.6 is 0 Å². The van der Waals surface area contributed by atoms with E-state index in [2.05, 4.69) is 13.8 Å². The second kappa shape index (κ2) is 9.48. The van der Waals surface area contributed by atoms with E-state index in [0.717, 1.165) is 45.0 Å². The van der Waals surface area contributed by atoms with Gasteiger partial charge in [-0.2, -0.15) is 5.06 Å². The molecule has 0 radical (unpaired) electrons. The van der Waals surface area contributed by atoms with Crippen molar-refractivity contribution in [2.75, 3.05) is 39.4 Å². The van der Waals surface area contributed by atoms with E-state index in [4.69, 9.17) is 9.57 Å². The SMILES string of the molecule is CC(C)CCC[C@@H]1CN(C(=O)CCN2CCCCO2)CCO1. The zero-order chi connectivity index (χ0) is 15.8. The molecule has 0 aromatic heterocycles. The molecule has 5 nitrogen and oxygen atoms in total. The molecule has 0 unspecified atom stereocenters. The highest BCUT2D eigenvalue weighted by atomic mass is 16.7. The average molecular weight is 312 g/mol. The van der Waals surface area contributed by atoms with Crippen molar-refractivity contribution in [1.82, 2.24) is 9.96 Å². The molecule has 2 fully saturated rings. The summed E-state index contributed by atoms with van der Waals surface area (Å²) in [7, 11) is 0. The maximum absolute atomic E-state index is 12.4. The predicted molar refractivity (Wildman–Crippen MR) is 86.4 cm³/mol. The molecule has 5 heteroatoms. The van der Waals surface area contributed by atoms with Crippen molar-refractivity contribution in [2.45, 2.75) is 58.5 Å². The fourth-order valence-electron chi connectivity index (χ4n) is 3.08.